The minimum absolute atomic E-state index is 0.145. The van der Waals surface area contributed by atoms with E-state index in [4.69, 9.17) is 4.74 Å². The Kier molecular flexibility index (Phi) is 1.75. The summed E-state index contributed by atoms with van der Waals surface area (Å²) in [6, 6.07) is 0. The summed E-state index contributed by atoms with van der Waals surface area (Å²) in [7, 11) is 0. The smallest absolute Gasteiger partial charge is 0.364 e. The van der Waals surface area contributed by atoms with Gasteiger partial charge in [0, 0.05) is 0 Å². The van der Waals surface area contributed by atoms with Crippen molar-refractivity contribution in [3.63, 3.8) is 0 Å². The van der Waals surface area contributed by atoms with Gasteiger partial charge in [0.1, 0.15) is 12.7 Å². The molecule has 1 saturated heterocycles. The Hall–Kier alpha value is -0.220. The summed E-state index contributed by atoms with van der Waals surface area (Å²) in [6.07, 6.45) is 0.145. The summed E-state index contributed by atoms with van der Waals surface area (Å²) < 4.78 is 9.21. The molecule has 8 heavy (non-hydrogen) atoms. The highest BCUT2D eigenvalue weighted by Crippen LogP contribution is 2.08. The van der Waals surface area contributed by atoms with Crippen molar-refractivity contribution in [3.8, 4) is 0 Å². The van der Waals surface area contributed by atoms with Crippen molar-refractivity contribution in [2.45, 2.75) is 6.10 Å². The van der Waals surface area contributed by atoms with E-state index in [2.05, 4.69) is 17.4 Å². The fraction of sp³-hybridized carbons (Fsp3) is 0.750. The van der Waals surface area contributed by atoms with Crippen molar-refractivity contribution in [1.82, 2.24) is 0 Å². The molecule has 3 nitrogen and oxygen atoms in total. The summed E-state index contributed by atoms with van der Waals surface area (Å²) >= 11 is 3.38. The molecule has 0 radical (unpaired) electrons. The van der Waals surface area contributed by atoms with Crippen LogP contribution in [0.5, 0.6) is 0 Å². The average Bonchev–Trinajstić information content (AvgIpc) is 2.41. The van der Waals surface area contributed by atoms with E-state index in [-0.39, 0.29) is 6.10 Å². The van der Waals surface area contributed by atoms with Crippen molar-refractivity contribution in [2.24, 2.45) is 0 Å². The van der Waals surface area contributed by atoms with Crippen LogP contribution in [0.25, 0.3) is 0 Å². The van der Waals surface area contributed by atoms with Crippen LogP contribution < -0.4 is 0 Å². The predicted octanol–water partition coefficient (Wildman–Crippen LogP) is 0.452. The minimum Gasteiger partial charge on any atom is -0.455 e. The number of hydrogen-bond donors (Lipinski definition) is 1. The van der Waals surface area contributed by atoms with Gasteiger partial charge in [-0.1, -0.05) is 12.6 Å². The van der Waals surface area contributed by atoms with Crippen LogP contribution in [0.15, 0.2) is 0 Å². The zero-order valence-corrected chi connectivity index (χ0v) is 5.06. The van der Waals surface area contributed by atoms with Crippen LogP contribution in [0.1, 0.15) is 0 Å². The van der Waals surface area contributed by atoms with E-state index < -0.39 is 5.30 Å². The molecule has 0 N–H and O–H groups in total. The highest BCUT2D eigenvalue weighted by Gasteiger charge is 2.23. The fourth-order valence-electron chi connectivity index (χ4n) is 0.329. The number of ether oxygens (including phenoxy) is 2. The van der Waals surface area contributed by atoms with E-state index in [1.807, 2.05) is 0 Å². The van der Waals surface area contributed by atoms with E-state index in [9.17, 15) is 4.79 Å². The third-order valence-electron chi connectivity index (χ3n) is 0.795. The lowest BCUT2D eigenvalue weighted by molar-refractivity contribution is 0.163. The number of carbonyl (C=O) groups excluding carboxylic acids is 1. The Labute approximate surface area is 52.4 Å². The largest absolute Gasteiger partial charge is 0.455 e. The summed E-state index contributed by atoms with van der Waals surface area (Å²) in [5.41, 5.74) is 0. The molecule has 1 unspecified atom stereocenters. The van der Waals surface area contributed by atoms with E-state index in [0.29, 0.717) is 13.2 Å². The molecular weight excluding hydrogens is 128 g/mol. The van der Waals surface area contributed by atoms with Gasteiger partial charge in [-0.3, -0.25) is 0 Å². The van der Waals surface area contributed by atoms with Crippen molar-refractivity contribution in [2.75, 3.05) is 13.2 Å². The third kappa shape index (κ3) is 2.18. The van der Waals surface area contributed by atoms with Gasteiger partial charge in [0.2, 0.25) is 0 Å². The Morgan fingerprint density at radius 1 is 2.00 bits per heavy atom. The van der Waals surface area contributed by atoms with Crippen LogP contribution in [0.4, 0.5) is 4.79 Å². The monoisotopic (exact) mass is 134 g/mol. The number of thiol groups is 1. The van der Waals surface area contributed by atoms with E-state index in [1.165, 1.54) is 0 Å². The van der Waals surface area contributed by atoms with Gasteiger partial charge in [0.15, 0.2) is 0 Å². The molecule has 0 bridgehead atoms. The second kappa shape index (κ2) is 2.37. The van der Waals surface area contributed by atoms with Crippen LogP contribution >= 0.6 is 12.6 Å². The molecule has 0 aliphatic carbocycles. The lowest BCUT2D eigenvalue weighted by Crippen LogP contribution is -2.02. The number of rotatable bonds is 2. The van der Waals surface area contributed by atoms with Crippen LogP contribution in [-0.2, 0) is 9.47 Å². The van der Waals surface area contributed by atoms with Crippen LogP contribution in [0.2, 0.25) is 0 Å². The maximum atomic E-state index is 9.96. The standard InChI is InChI=1S/C4H6O3S/c5-4(8)7-2-3-1-6-3/h3H,1-2H2,(H,5,8). The van der Waals surface area contributed by atoms with Gasteiger partial charge in [-0.2, -0.15) is 0 Å². The molecule has 0 saturated carbocycles. The number of carbonyl (C=O) groups is 1. The summed E-state index contributed by atoms with van der Waals surface area (Å²) in [5.74, 6) is 0. The van der Waals surface area contributed by atoms with Gasteiger partial charge in [0.25, 0.3) is 0 Å². The molecule has 0 amide bonds. The maximum absolute atomic E-state index is 9.96. The molecule has 1 heterocycles. The summed E-state index contributed by atoms with van der Waals surface area (Å²) in [6.45, 7) is 1.06. The van der Waals surface area contributed by atoms with E-state index >= 15 is 0 Å². The normalized spacial score (nSPS) is 24.9. The average molecular weight is 134 g/mol. The molecule has 1 aliphatic rings. The van der Waals surface area contributed by atoms with E-state index in [0.717, 1.165) is 0 Å². The Bertz CT molecular complexity index is 99.5. The van der Waals surface area contributed by atoms with Crippen molar-refractivity contribution < 1.29 is 14.3 Å². The SMILES string of the molecule is O=C(S)OCC1CO1. The van der Waals surface area contributed by atoms with Crippen molar-refractivity contribution in [3.05, 3.63) is 0 Å². The molecule has 46 valence electrons. The van der Waals surface area contributed by atoms with Crippen LogP contribution in [0.3, 0.4) is 0 Å². The lowest BCUT2D eigenvalue weighted by atomic mass is 10.5. The first-order valence-corrected chi connectivity index (χ1v) is 2.71. The van der Waals surface area contributed by atoms with Gasteiger partial charge in [0.05, 0.1) is 6.61 Å². The minimum atomic E-state index is -0.541. The molecular formula is C4H6O3S. The second-order valence-electron chi connectivity index (χ2n) is 1.53. The molecule has 1 rings (SSSR count). The first kappa shape index (κ1) is 5.91. The number of hydrogen-bond acceptors (Lipinski definition) is 3. The number of epoxide rings is 1. The quantitative estimate of drug-likeness (QED) is 0.338. The maximum Gasteiger partial charge on any atom is 0.364 e. The summed E-state index contributed by atoms with van der Waals surface area (Å²) in [4.78, 5) is 9.96. The van der Waals surface area contributed by atoms with Gasteiger partial charge in [-0.05, 0) is 0 Å². The molecule has 1 fully saturated rings. The molecule has 4 heteroatoms. The Morgan fingerprint density at radius 3 is 3.00 bits per heavy atom. The molecule has 1 aliphatic heterocycles. The second-order valence-corrected chi connectivity index (χ2v) is 1.90. The molecule has 0 aromatic rings. The van der Waals surface area contributed by atoms with Crippen molar-refractivity contribution in [1.29, 1.82) is 0 Å². The first-order valence-electron chi connectivity index (χ1n) is 2.26. The van der Waals surface area contributed by atoms with Gasteiger partial charge >= 0.3 is 5.30 Å². The Balaban J connectivity index is 1.95. The lowest BCUT2D eigenvalue weighted by Gasteiger charge is -1.92. The molecule has 0 aromatic carbocycles. The zero-order valence-electron chi connectivity index (χ0n) is 4.16. The highest BCUT2D eigenvalue weighted by molar-refractivity contribution is 7.96. The third-order valence-corrected chi connectivity index (χ3v) is 0.924. The zero-order chi connectivity index (χ0) is 5.98. The predicted molar refractivity (Wildman–Crippen MR) is 30.1 cm³/mol. The van der Waals surface area contributed by atoms with Gasteiger partial charge < -0.3 is 9.47 Å². The topological polar surface area (TPSA) is 38.8 Å². The fourth-order valence-corrected chi connectivity index (χ4v) is 0.403. The van der Waals surface area contributed by atoms with Crippen molar-refractivity contribution >= 4 is 17.9 Å². The highest BCUT2D eigenvalue weighted by atomic mass is 32.1. The Morgan fingerprint density at radius 2 is 2.62 bits per heavy atom. The van der Waals surface area contributed by atoms with E-state index in [1.54, 1.807) is 0 Å². The molecule has 0 aromatic heterocycles. The van der Waals surface area contributed by atoms with Crippen LogP contribution in [0, 0.1) is 0 Å². The molecule has 1 atom stereocenters. The summed E-state index contributed by atoms with van der Waals surface area (Å²) in [5, 5.41) is -0.541. The van der Waals surface area contributed by atoms with Crippen LogP contribution in [-0.4, -0.2) is 24.6 Å². The molecule has 0 spiro atoms. The first-order chi connectivity index (χ1) is 3.79. The van der Waals surface area contributed by atoms with Gasteiger partial charge in [-0.25, -0.2) is 4.79 Å². The van der Waals surface area contributed by atoms with Gasteiger partial charge in [-0.15, -0.1) is 0 Å².